The van der Waals surface area contributed by atoms with E-state index in [0.29, 0.717) is 32.3 Å². The van der Waals surface area contributed by atoms with Crippen LogP contribution < -0.4 is 10.6 Å². The molecule has 0 aromatic heterocycles. The summed E-state index contributed by atoms with van der Waals surface area (Å²) in [4.78, 5) is 27.9. The first-order valence-corrected chi connectivity index (χ1v) is 9.34. The van der Waals surface area contributed by atoms with E-state index in [1.165, 1.54) is 12.8 Å². The van der Waals surface area contributed by atoms with Gasteiger partial charge in [-0.1, -0.05) is 13.3 Å². The van der Waals surface area contributed by atoms with Gasteiger partial charge in [0, 0.05) is 31.7 Å². The van der Waals surface area contributed by atoms with Crippen LogP contribution in [0.25, 0.3) is 0 Å². The SMILES string of the molecule is CCOC(=O)N1CCC(NC(=O)NC[C@@H]2CCCCN2CC)CC1. The summed E-state index contributed by atoms with van der Waals surface area (Å²) in [5.74, 6) is 0. The normalized spacial score (nSPS) is 22.9. The Balaban J connectivity index is 1.65. The van der Waals surface area contributed by atoms with E-state index in [-0.39, 0.29) is 18.2 Å². The van der Waals surface area contributed by atoms with Crippen LogP contribution in [0, 0.1) is 0 Å². The van der Waals surface area contributed by atoms with Gasteiger partial charge in [-0.05, 0) is 45.7 Å². The summed E-state index contributed by atoms with van der Waals surface area (Å²) < 4.78 is 5.01. The van der Waals surface area contributed by atoms with Gasteiger partial charge in [0.2, 0.25) is 0 Å². The Bertz CT molecular complexity index is 411. The minimum Gasteiger partial charge on any atom is -0.450 e. The van der Waals surface area contributed by atoms with Gasteiger partial charge in [-0.3, -0.25) is 4.90 Å². The number of ether oxygens (including phenoxy) is 1. The molecule has 2 N–H and O–H groups in total. The van der Waals surface area contributed by atoms with Crippen LogP contribution in [0.4, 0.5) is 9.59 Å². The molecule has 2 aliphatic rings. The molecule has 2 heterocycles. The maximum absolute atomic E-state index is 12.1. The lowest BCUT2D eigenvalue weighted by atomic mass is 10.0. The third-order valence-electron chi connectivity index (χ3n) is 5.01. The minimum atomic E-state index is -0.252. The molecule has 0 unspecified atom stereocenters. The quantitative estimate of drug-likeness (QED) is 0.800. The molecule has 0 spiro atoms. The number of rotatable bonds is 5. The molecular formula is C17H32N4O3. The predicted octanol–water partition coefficient (Wildman–Crippen LogP) is 1.78. The fourth-order valence-corrected chi connectivity index (χ4v) is 3.58. The number of carbonyl (C=O) groups is 2. The minimum absolute atomic E-state index is 0.0915. The highest BCUT2D eigenvalue weighted by Crippen LogP contribution is 2.16. The number of hydrogen-bond acceptors (Lipinski definition) is 4. The Morgan fingerprint density at radius 2 is 1.83 bits per heavy atom. The summed E-state index contributed by atoms with van der Waals surface area (Å²) in [5, 5.41) is 6.06. The topological polar surface area (TPSA) is 73.9 Å². The zero-order valence-corrected chi connectivity index (χ0v) is 15.1. The molecule has 2 aliphatic heterocycles. The predicted molar refractivity (Wildman–Crippen MR) is 93.0 cm³/mol. The van der Waals surface area contributed by atoms with Crippen molar-refractivity contribution >= 4 is 12.1 Å². The van der Waals surface area contributed by atoms with E-state index in [4.69, 9.17) is 4.74 Å². The second-order valence-corrected chi connectivity index (χ2v) is 6.59. The van der Waals surface area contributed by atoms with E-state index in [1.807, 2.05) is 6.92 Å². The number of amides is 3. The molecular weight excluding hydrogens is 308 g/mol. The molecule has 0 radical (unpaired) electrons. The Kier molecular flexibility index (Phi) is 7.62. The fraction of sp³-hybridized carbons (Fsp3) is 0.882. The van der Waals surface area contributed by atoms with Crippen molar-refractivity contribution in [1.82, 2.24) is 20.4 Å². The van der Waals surface area contributed by atoms with E-state index >= 15 is 0 Å². The number of piperidine rings is 2. The van der Waals surface area contributed by atoms with Crippen LogP contribution in [0.15, 0.2) is 0 Å². The zero-order valence-electron chi connectivity index (χ0n) is 15.1. The largest absolute Gasteiger partial charge is 0.450 e. The third kappa shape index (κ3) is 5.54. The van der Waals surface area contributed by atoms with Gasteiger partial charge in [0.25, 0.3) is 0 Å². The van der Waals surface area contributed by atoms with E-state index in [9.17, 15) is 9.59 Å². The van der Waals surface area contributed by atoms with E-state index in [0.717, 1.165) is 32.4 Å². The molecule has 0 aromatic carbocycles. The molecule has 24 heavy (non-hydrogen) atoms. The Morgan fingerprint density at radius 3 is 2.50 bits per heavy atom. The number of likely N-dealkylation sites (N-methyl/N-ethyl adjacent to an activating group) is 1. The van der Waals surface area contributed by atoms with Crippen molar-refractivity contribution < 1.29 is 14.3 Å². The maximum Gasteiger partial charge on any atom is 0.409 e. The molecule has 7 nitrogen and oxygen atoms in total. The number of carbonyl (C=O) groups excluding carboxylic acids is 2. The lowest BCUT2D eigenvalue weighted by Gasteiger charge is -2.35. The van der Waals surface area contributed by atoms with Crippen molar-refractivity contribution in [2.75, 3.05) is 39.3 Å². The summed E-state index contributed by atoms with van der Waals surface area (Å²) in [6.45, 7) is 8.54. The molecule has 7 heteroatoms. The molecule has 2 rings (SSSR count). The number of nitrogens with one attached hydrogen (secondary N) is 2. The van der Waals surface area contributed by atoms with Gasteiger partial charge in [0.1, 0.15) is 0 Å². The number of likely N-dealkylation sites (tertiary alicyclic amines) is 2. The highest BCUT2D eigenvalue weighted by Gasteiger charge is 2.25. The van der Waals surface area contributed by atoms with Crippen molar-refractivity contribution in [1.29, 1.82) is 0 Å². The van der Waals surface area contributed by atoms with Gasteiger partial charge >= 0.3 is 12.1 Å². The van der Waals surface area contributed by atoms with Crippen LogP contribution >= 0.6 is 0 Å². The molecule has 1 atom stereocenters. The first-order chi connectivity index (χ1) is 11.6. The lowest BCUT2D eigenvalue weighted by Crippen LogP contribution is -2.52. The fourth-order valence-electron chi connectivity index (χ4n) is 3.58. The van der Waals surface area contributed by atoms with Gasteiger partial charge in [-0.2, -0.15) is 0 Å². The first kappa shape index (κ1) is 18.8. The van der Waals surface area contributed by atoms with E-state index in [2.05, 4.69) is 22.5 Å². The molecule has 0 saturated carbocycles. The molecule has 2 saturated heterocycles. The van der Waals surface area contributed by atoms with Gasteiger partial charge in [0.05, 0.1) is 6.61 Å². The molecule has 2 fully saturated rings. The summed E-state index contributed by atoms with van der Waals surface area (Å²) in [6.07, 6.45) is 4.96. The van der Waals surface area contributed by atoms with Gasteiger partial charge < -0.3 is 20.3 Å². The Hall–Kier alpha value is -1.50. The smallest absolute Gasteiger partial charge is 0.409 e. The van der Waals surface area contributed by atoms with Gasteiger partial charge in [-0.15, -0.1) is 0 Å². The van der Waals surface area contributed by atoms with Gasteiger partial charge in [0.15, 0.2) is 0 Å². The molecule has 0 aromatic rings. The maximum atomic E-state index is 12.1. The average molecular weight is 340 g/mol. The lowest BCUT2D eigenvalue weighted by molar-refractivity contribution is 0.0956. The summed E-state index contributed by atoms with van der Waals surface area (Å²) in [6, 6.07) is 0.496. The van der Waals surface area contributed by atoms with Crippen LogP contribution in [-0.4, -0.2) is 73.3 Å². The van der Waals surface area contributed by atoms with Crippen LogP contribution in [0.5, 0.6) is 0 Å². The summed E-state index contributed by atoms with van der Waals surface area (Å²) >= 11 is 0. The van der Waals surface area contributed by atoms with Crippen molar-refractivity contribution in [3.63, 3.8) is 0 Å². The summed E-state index contributed by atoms with van der Waals surface area (Å²) in [5.41, 5.74) is 0. The van der Waals surface area contributed by atoms with Crippen molar-refractivity contribution in [2.24, 2.45) is 0 Å². The van der Waals surface area contributed by atoms with E-state index < -0.39 is 0 Å². The molecule has 0 bridgehead atoms. The molecule has 138 valence electrons. The highest BCUT2D eigenvalue weighted by atomic mass is 16.6. The van der Waals surface area contributed by atoms with Crippen LogP contribution in [-0.2, 0) is 4.74 Å². The van der Waals surface area contributed by atoms with Crippen molar-refractivity contribution in [2.45, 2.75) is 58.0 Å². The zero-order chi connectivity index (χ0) is 17.4. The molecule has 3 amide bonds. The van der Waals surface area contributed by atoms with Crippen molar-refractivity contribution in [3.05, 3.63) is 0 Å². The van der Waals surface area contributed by atoms with Crippen LogP contribution in [0.1, 0.15) is 46.0 Å². The number of nitrogens with zero attached hydrogens (tertiary/aromatic N) is 2. The third-order valence-corrected chi connectivity index (χ3v) is 5.01. The second kappa shape index (κ2) is 9.71. The standard InChI is InChI=1S/C17H32N4O3/c1-3-20-10-6-5-7-15(20)13-18-16(22)19-14-8-11-21(12-9-14)17(23)24-4-2/h14-15H,3-13H2,1-2H3,(H2,18,19,22)/t15-/m0/s1. The van der Waals surface area contributed by atoms with Gasteiger partial charge in [-0.25, -0.2) is 9.59 Å². The van der Waals surface area contributed by atoms with Crippen molar-refractivity contribution in [3.8, 4) is 0 Å². The highest BCUT2D eigenvalue weighted by molar-refractivity contribution is 5.74. The Labute approximate surface area is 145 Å². The number of hydrogen-bond donors (Lipinski definition) is 2. The second-order valence-electron chi connectivity index (χ2n) is 6.59. The summed E-state index contributed by atoms with van der Waals surface area (Å²) in [7, 11) is 0. The van der Waals surface area contributed by atoms with Crippen LogP contribution in [0.3, 0.4) is 0 Å². The average Bonchev–Trinajstić information content (AvgIpc) is 2.61. The number of urea groups is 1. The van der Waals surface area contributed by atoms with E-state index in [1.54, 1.807) is 4.90 Å². The Morgan fingerprint density at radius 1 is 1.08 bits per heavy atom. The first-order valence-electron chi connectivity index (χ1n) is 9.34. The van der Waals surface area contributed by atoms with Crippen LogP contribution in [0.2, 0.25) is 0 Å². The molecule has 0 aliphatic carbocycles. The monoisotopic (exact) mass is 340 g/mol.